The van der Waals surface area contributed by atoms with Crippen LogP contribution in [-0.2, 0) is 6.54 Å². The van der Waals surface area contributed by atoms with E-state index in [0.29, 0.717) is 17.7 Å². The smallest absolute Gasteiger partial charge is 0.189 e. The van der Waals surface area contributed by atoms with Crippen LogP contribution in [0.1, 0.15) is 42.4 Å². The highest BCUT2D eigenvalue weighted by atomic mass is 32.1. The second-order valence-electron chi connectivity index (χ2n) is 6.20. The van der Waals surface area contributed by atoms with E-state index < -0.39 is 0 Å². The Morgan fingerprint density at radius 2 is 1.96 bits per heavy atom. The zero-order valence-corrected chi connectivity index (χ0v) is 15.9. The van der Waals surface area contributed by atoms with Gasteiger partial charge in [0.25, 0.3) is 0 Å². The zero-order chi connectivity index (χ0) is 17.7. The number of nitrogens with zero attached hydrogens (tertiary/aromatic N) is 3. The summed E-state index contributed by atoms with van der Waals surface area (Å²) in [6.45, 7) is 9.33. The lowest BCUT2D eigenvalue weighted by Crippen LogP contribution is -2.33. The van der Waals surface area contributed by atoms with Gasteiger partial charge >= 0.3 is 0 Å². The highest BCUT2D eigenvalue weighted by Gasteiger charge is 2.10. The van der Waals surface area contributed by atoms with Gasteiger partial charge in [-0.2, -0.15) is 5.10 Å². The molecule has 1 aromatic heterocycles. The van der Waals surface area contributed by atoms with Crippen LogP contribution in [0.4, 0.5) is 0 Å². The van der Waals surface area contributed by atoms with Gasteiger partial charge in [-0.3, -0.25) is 0 Å². The molecule has 0 aliphatic carbocycles. The number of hydrazone groups is 1. The number of benzene rings is 1. The molecule has 0 bridgehead atoms. The van der Waals surface area contributed by atoms with E-state index in [9.17, 15) is 0 Å². The lowest BCUT2D eigenvalue weighted by atomic mass is 10.2. The van der Waals surface area contributed by atoms with Crippen molar-refractivity contribution < 1.29 is 0 Å². The first-order valence-electron chi connectivity index (χ1n) is 8.18. The van der Waals surface area contributed by atoms with Crippen molar-refractivity contribution in [1.82, 2.24) is 14.9 Å². The Bertz CT molecular complexity index is 716. The Kier molecular flexibility index (Phi) is 6.15. The fourth-order valence-corrected chi connectivity index (χ4v) is 2.94. The van der Waals surface area contributed by atoms with Crippen LogP contribution in [0.25, 0.3) is 0 Å². The van der Waals surface area contributed by atoms with Gasteiger partial charge in [-0.1, -0.05) is 30.3 Å². The molecule has 5 heteroatoms. The Balaban J connectivity index is 1.98. The quantitative estimate of drug-likeness (QED) is 0.506. The third-order valence-corrected chi connectivity index (χ3v) is 4.40. The van der Waals surface area contributed by atoms with E-state index in [1.807, 2.05) is 31.5 Å². The summed E-state index contributed by atoms with van der Waals surface area (Å²) in [5.41, 5.74) is 4.79. The monoisotopic (exact) mass is 342 g/mol. The van der Waals surface area contributed by atoms with Gasteiger partial charge in [0.2, 0.25) is 0 Å². The van der Waals surface area contributed by atoms with Gasteiger partial charge in [0.05, 0.1) is 6.21 Å². The maximum absolute atomic E-state index is 5.39. The summed E-state index contributed by atoms with van der Waals surface area (Å²) >= 11 is 5.39. The van der Waals surface area contributed by atoms with Crippen molar-refractivity contribution in [3.8, 4) is 0 Å². The number of hydrogen-bond donors (Lipinski definition) is 1. The first kappa shape index (κ1) is 18.2. The van der Waals surface area contributed by atoms with Crippen molar-refractivity contribution in [2.24, 2.45) is 5.10 Å². The van der Waals surface area contributed by atoms with Crippen molar-refractivity contribution >= 4 is 23.5 Å². The molecule has 2 rings (SSSR count). The summed E-state index contributed by atoms with van der Waals surface area (Å²) in [7, 11) is 1.86. The Morgan fingerprint density at radius 1 is 1.29 bits per heavy atom. The minimum Gasteiger partial charge on any atom is -0.357 e. The number of aryl methyl sites for hydroxylation is 1. The number of nitrogens with one attached hydrogen (secondary N) is 1. The van der Waals surface area contributed by atoms with Gasteiger partial charge in [-0.25, -0.2) is 5.01 Å². The minimum atomic E-state index is 0.443. The Labute approximate surface area is 150 Å². The summed E-state index contributed by atoms with van der Waals surface area (Å²) in [6.07, 6.45) is 1.87. The summed E-state index contributed by atoms with van der Waals surface area (Å²) < 4.78 is 2.31. The van der Waals surface area contributed by atoms with Gasteiger partial charge in [0, 0.05) is 36.6 Å². The molecule has 0 aliphatic rings. The lowest BCUT2D eigenvalue weighted by Gasteiger charge is -2.16. The van der Waals surface area contributed by atoms with Crippen LogP contribution in [0.5, 0.6) is 0 Å². The predicted molar refractivity (Wildman–Crippen MR) is 106 cm³/mol. The molecule has 4 nitrogen and oxygen atoms in total. The molecule has 0 fully saturated rings. The zero-order valence-electron chi connectivity index (χ0n) is 15.1. The predicted octanol–water partition coefficient (Wildman–Crippen LogP) is 4.03. The molecule has 24 heavy (non-hydrogen) atoms. The van der Waals surface area contributed by atoms with E-state index in [-0.39, 0.29) is 0 Å². The van der Waals surface area contributed by atoms with Gasteiger partial charge in [0.15, 0.2) is 5.11 Å². The SMILES string of the molecule is Cc1cc(/C=N\N(C)C(=S)NCc2ccccc2)c(C)n1C(C)C. The van der Waals surface area contributed by atoms with E-state index in [4.69, 9.17) is 12.2 Å². The third-order valence-electron chi connectivity index (χ3n) is 3.99. The number of rotatable bonds is 5. The second kappa shape index (κ2) is 8.11. The molecule has 128 valence electrons. The molecule has 0 saturated carbocycles. The average Bonchev–Trinajstić information content (AvgIpc) is 2.85. The van der Waals surface area contributed by atoms with E-state index in [1.54, 1.807) is 5.01 Å². The Hall–Kier alpha value is -2.14. The molecule has 0 radical (unpaired) electrons. The van der Waals surface area contributed by atoms with E-state index in [1.165, 1.54) is 17.0 Å². The highest BCUT2D eigenvalue weighted by Crippen LogP contribution is 2.18. The van der Waals surface area contributed by atoms with Crippen molar-refractivity contribution in [3.05, 3.63) is 58.9 Å². The van der Waals surface area contributed by atoms with Crippen LogP contribution in [0.15, 0.2) is 41.5 Å². The molecular formula is C19H26N4S. The van der Waals surface area contributed by atoms with Gasteiger partial charge < -0.3 is 9.88 Å². The van der Waals surface area contributed by atoms with E-state index in [0.717, 1.165) is 5.56 Å². The molecular weight excluding hydrogens is 316 g/mol. The molecule has 0 amide bonds. The van der Waals surface area contributed by atoms with Crippen LogP contribution in [0.3, 0.4) is 0 Å². The number of thiocarbonyl (C=S) groups is 1. The fourth-order valence-electron chi connectivity index (χ4n) is 2.82. The van der Waals surface area contributed by atoms with Crippen molar-refractivity contribution in [2.75, 3.05) is 7.05 Å². The Morgan fingerprint density at radius 3 is 2.54 bits per heavy atom. The van der Waals surface area contributed by atoms with Crippen molar-refractivity contribution in [3.63, 3.8) is 0 Å². The van der Waals surface area contributed by atoms with E-state index in [2.05, 4.69) is 60.9 Å². The highest BCUT2D eigenvalue weighted by molar-refractivity contribution is 7.80. The van der Waals surface area contributed by atoms with Crippen LogP contribution >= 0.6 is 12.2 Å². The van der Waals surface area contributed by atoms with Crippen molar-refractivity contribution in [2.45, 2.75) is 40.3 Å². The molecule has 0 saturated heterocycles. The molecule has 1 N–H and O–H groups in total. The molecule has 1 heterocycles. The summed E-state index contributed by atoms with van der Waals surface area (Å²) in [5.74, 6) is 0. The number of hydrogen-bond acceptors (Lipinski definition) is 2. The fraction of sp³-hybridized carbons (Fsp3) is 0.368. The van der Waals surface area contributed by atoms with Crippen LogP contribution in [0.2, 0.25) is 0 Å². The maximum atomic E-state index is 5.39. The first-order valence-corrected chi connectivity index (χ1v) is 8.59. The summed E-state index contributed by atoms with van der Waals surface area (Å²) in [5, 5.41) is 9.99. The molecule has 0 aliphatic heterocycles. The van der Waals surface area contributed by atoms with E-state index >= 15 is 0 Å². The van der Waals surface area contributed by atoms with Gasteiger partial charge in [-0.15, -0.1) is 0 Å². The molecule has 1 aromatic carbocycles. The molecule has 2 aromatic rings. The average molecular weight is 343 g/mol. The molecule has 0 spiro atoms. The third kappa shape index (κ3) is 4.45. The van der Waals surface area contributed by atoms with Crippen LogP contribution in [0, 0.1) is 13.8 Å². The molecule has 0 atom stereocenters. The largest absolute Gasteiger partial charge is 0.357 e. The van der Waals surface area contributed by atoms with Crippen molar-refractivity contribution in [1.29, 1.82) is 0 Å². The minimum absolute atomic E-state index is 0.443. The second-order valence-corrected chi connectivity index (χ2v) is 6.59. The summed E-state index contributed by atoms with van der Waals surface area (Å²) in [4.78, 5) is 0. The normalized spacial score (nSPS) is 11.2. The lowest BCUT2D eigenvalue weighted by molar-refractivity contribution is 0.532. The first-order chi connectivity index (χ1) is 11.4. The van der Waals surface area contributed by atoms with Crippen LogP contribution < -0.4 is 5.32 Å². The number of aromatic nitrogens is 1. The maximum Gasteiger partial charge on any atom is 0.189 e. The van der Waals surface area contributed by atoms with Crippen LogP contribution in [-0.4, -0.2) is 28.0 Å². The molecule has 0 unspecified atom stereocenters. The topological polar surface area (TPSA) is 32.6 Å². The van der Waals surface area contributed by atoms with Gasteiger partial charge in [-0.05, 0) is 51.5 Å². The standard InChI is InChI=1S/C19H26N4S/c1-14(2)23-15(3)11-18(16(23)4)13-21-22(5)19(24)20-12-17-9-7-6-8-10-17/h6-11,13-14H,12H2,1-5H3,(H,20,24)/b21-13-. The summed E-state index contributed by atoms with van der Waals surface area (Å²) in [6, 6.07) is 12.8. The van der Waals surface area contributed by atoms with Gasteiger partial charge in [0.1, 0.15) is 0 Å².